The van der Waals surface area contributed by atoms with Gasteiger partial charge in [-0.1, -0.05) is 22.0 Å². The number of anilines is 2. The first-order chi connectivity index (χ1) is 9.65. The molecule has 1 aliphatic carbocycles. The standard InChI is InChI=1S/C16H18BrN3/c1-20(2)16-7-8-18-10-15(16)19-14-6-3-11-9-12(17)4-5-13(11)14/h4-5,7-10,14,19H,3,6H2,1-2H3. The Morgan fingerprint density at radius 1 is 1.30 bits per heavy atom. The van der Waals surface area contributed by atoms with Crippen LogP contribution in [0, 0.1) is 0 Å². The maximum atomic E-state index is 4.24. The molecule has 0 radical (unpaired) electrons. The van der Waals surface area contributed by atoms with E-state index >= 15 is 0 Å². The van der Waals surface area contributed by atoms with Crippen LogP contribution < -0.4 is 10.2 Å². The molecular weight excluding hydrogens is 314 g/mol. The molecule has 3 rings (SSSR count). The van der Waals surface area contributed by atoms with Crippen LogP contribution in [-0.2, 0) is 6.42 Å². The molecule has 0 saturated carbocycles. The molecule has 2 aromatic rings. The number of benzene rings is 1. The summed E-state index contributed by atoms with van der Waals surface area (Å²) in [7, 11) is 4.11. The van der Waals surface area contributed by atoms with Gasteiger partial charge in [0.15, 0.2) is 0 Å². The van der Waals surface area contributed by atoms with Gasteiger partial charge in [-0.05, 0) is 42.2 Å². The van der Waals surface area contributed by atoms with E-state index in [1.54, 1.807) is 0 Å². The molecule has 1 aliphatic rings. The lowest BCUT2D eigenvalue weighted by Gasteiger charge is -2.21. The van der Waals surface area contributed by atoms with E-state index in [9.17, 15) is 0 Å². The Morgan fingerprint density at radius 2 is 2.15 bits per heavy atom. The molecule has 4 heteroatoms. The smallest absolute Gasteiger partial charge is 0.0769 e. The number of aryl methyl sites for hydroxylation is 1. The van der Waals surface area contributed by atoms with E-state index in [-0.39, 0.29) is 0 Å². The lowest BCUT2D eigenvalue weighted by molar-refractivity contribution is 0.761. The van der Waals surface area contributed by atoms with Crippen LogP contribution in [0.15, 0.2) is 41.1 Å². The lowest BCUT2D eigenvalue weighted by atomic mass is 10.1. The average molecular weight is 332 g/mol. The number of hydrogen-bond acceptors (Lipinski definition) is 3. The van der Waals surface area contributed by atoms with Crippen LogP contribution in [0.2, 0.25) is 0 Å². The highest BCUT2D eigenvalue weighted by Gasteiger charge is 2.23. The molecule has 1 aromatic carbocycles. The van der Waals surface area contributed by atoms with Gasteiger partial charge in [0, 0.05) is 24.8 Å². The monoisotopic (exact) mass is 331 g/mol. The second kappa shape index (κ2) is 5.44. The van der Waals surface area contributed by atoms with Gasteiger partial charge in [0.25, 0.3) is 0 Å². The zero-order chi connectivity index (χ0) is 14.1. The lowest BCUT2D eigenvalue weighted by Crippen LogP contribution is -2.14. The number of fused-ring (bicyclic) bond motifs is 1. The van der Waals surface area contributed by atoms with E-state index in [0.29, 0.717) is 6.04 Å². The second-order valence-electron chi connectivity index (χ2n) is 5.37. The fraction of sp³-hybridized carbons (Fsp3) is 0.312. The van der Waals surface area contributed by atoms with Crippen molar-refractivity contribution in [2.24, 2.45) is 0 Å². The highest BCUT2D eigenvalue weighted by atomic mass is 79.9. The first-order valence-corrected chi connectivity index (χ1v) is 7.60. The summed E-state index contributed by atoms with van der Waals surface area (Å²) in [6, 6.07) is 8.98. The van der Waals surface area contributed by atoms with Crippen LogP contribution in [0.5, 0.6) is 0 Å². The number of rotatable bonds is 3. The topological polar surface area (TPSA) is 28.2 Å². The zero-order valence-corrected chi connectivity index (χ0v) is 13.3. The summed E-state index contributed by atoms with van der Waals surface area (Å²) in [5.74, 6) is 0. The highest BCUT2D eigenvalue weighted by molar-refractivity contribution is 9.10. The molecule has 1 heterocycles. The third-order valence-corrected chi connectivity index (χ3v) is 4.29. The van der Waals surface area contributed by atoms with Crippen molar-refractivity contribution in [2.45, 2.75) is 18.9 Å². The predicted octanol–water partition coefficient (Wildman–Crippen LogP) is 4.01. The summed E-state index contributed by atoms with van der Waals surface area (Å²) in [5, 5.41) is 3.65. The number of hydrogen-bond donors (Lipinski definition) is 1. The van der Waals surface area contributed by atoms with Crippen molar-refractivity contribution >= 4 is 27.3 Å². The van der Waals surface area contributed by atoms with Crippen LogP contribution >= 0.6 is 15.9 Å². The maximum absolute atomic E-state index is 4.24. The molecule has 0 spiro atoms. The summed E-state index contributed by atoms with van der Waals surface area (Å²) in [6.07, 6.45) is 6.00. The summed E-state index contributed by atoms with van der Waals surface area (Å²) in [5.41, 5.74) is 5.11. The quantitative estimate of drug-likeness (QED) is 0.920. The predicted molar refractivity (Wildman–Crippen MR) is 87.4 cm³/mol. The molecule has 1 aromatic heterocycles. The molecule has 1 N–H and O–H groups in total. The van der Waals surface area contributed by atoms with Gasteiger partial charge in [-0.2, -0.15) is 0 Å². The van der Waals surface area contributed by atoms with Crippen molar-refractivity contribution in [1.82, 2.24) is 4.98 Å². The van der Waals surface area contributed by atoms with Crippen LogP contribution in [0.3, 0.4) is 0 Å². The summed E-state index contributed by atoms with van der Waals surface area (Å²) >= 11 is 3.55. The molecule has 104 valence electrons. The van der Waals surface area contributed by atoms with Crippen LogP contribution in [-0.4, -0.2) is 19.1 Å². The van der Waals surface area contributed by atoms with E-state index in [0.717, 1.165) is 23.0 Å². The molecular formula is C16H18BrN3. The van der Waals surface area contributed by atoms with E-state index in [1.807, 2.05) is 18.5 Å². The van der Waals surface area contributed by atoms with Crippen molar-refractivity contribution < 1.29 is 0 Å². The van der Waals surface area contributed by atoms with Gasteiger partial charge in [0.1, 0.15) is 0 Å². The summed E-state index contributed by atoms with van der Waals surface area (Å²) < 4.78 is 1.16. The maximum Gasteiger partial charge on any atom is 0.0769 e. The third kappa shape index (κ3) is 2.52. The first kappa shape index (κ1) is 13.4. The van der Waals surface area contributed by atoms with Crippen molar-refractivity contribution in [2.75, 3.05) is 24.3 Å². The van der Waals surface area contributed by atoms with Crippen LogP contribution in [0.4, 0.5) is 11.4 Å². The second-order valence-corrected chi connectivity index (χ2v) is 6.28. The summed E-state index contributed by atoms with van der Waals surface area (Å²) in [6.45, 7) is 0. The number of pyridine rings is 1. The van der Waals surface area contributed by atoms with Gasteiger partial charge < -0.3 is 10.2 Å². The van der Waals surface area contributed by atoms with Gasteiger partial charge in [0.05, 0.1) is 23.6 Å². The molecule has 3 nitrogen and oxygen atoms in total. The Hall–Kier alpha value is -1.55. The van der Waals surface area contributed by atoms with Crippen LogP contribution in [0.1, 0.15) is 23.6 Å². The normalized spacial score (nSPS) is 16.9. The van der Waals surface area contributed by atoms with E-state index < -0.39 is 0 Å². The minimum absolute atomic E-state index is 0.376. The number of aromatic nitrogens is 1. The number of halogens is 1. The van der Waals surface area contributed by atoms with Crippen molar-refractivity contribution in [3.8, 4) is 0 Å². The van der Waals surface area contributed by atoms with Crippen molar-refractivity contribution in [3.63, 3.8) is 0 Å². The fourth-order valence-corrected chi connectivity index (χ4v) is 3.22. The highest BCUT2D eigenvalue weighted by Crippen LogP contribution is 2.37. The molecule has 0 saturated heterocycles. The Labute approximate surface area is 128 Å². The number of nitrogens with zero attached hydrogens (tertiary/aromatic N) is 2. The van der Waals surface area contributed by atoms with Gasteiger partial charge in [-0.15, -0.1) is 0 Å². The zero-order valence-electron chi connectivity index (χ0n) is 11.7. The Balaban J connectivity index is 1.88. The average Bonchev–Trinajstić information content (AvgIpc) is 2.81. The van der Waals surface area contributed by atoms with Gasteiger partial charge in [0.2, 0.25) is 0 Å². The SMILES string of the molecule is CN(C)c1ccncc1NC1CCc2cc(Br)ccc21. The Kier molecular flexibility index (Phi) is 3.66. The molecule has 1 atom stereocenters. The van der Waals surface area contributed by atoms with E-state index in [4.69, 9.17) is 0 Å². The molecule has 0 amide bonds. The summed E-state index contributed by atoms with van der Waals surface area (Å²) in [4.78, 5) is 6.36. The van der Waals surface area contributed by atoms with Crippen LogP contribution in [0.25, 0.3) is 0 Å². The van der Waals surface area contributed by atoms with Crippen molar-refractivity contribution in [3.05, 3.63) is 52.3 Å². The fourth-order valence-electron chi connectivity index (χ4n) is 2.81. The molecule has 0 bridgehead atoms. The Morgan fingerprint density at radius 3 is 2.95 bits per heavy atom. The number of nitrogens with one attached hydrogen (secondary N) is 1. The first-order valence-electron chi connectivity index (χ1n) is 6.81. The molecule has 0 fully saturated rings. The molecule has 20 heavy (non-hydrogen) atoms. The van der Waals surface area contributed by atoms with Crippen molar-refractivity contribution in [1.29, 1.82) is 0 Å². The minimum Gasteiger partial charge on any atom is -0.376 e. The van der Waals surface area contributed by atoms with E-state index in [2.05, 4.69) is 63.4 Å². The third-order valence-electron chi connectivity index (χ3n) is 3.79. The molecule has 1 unspecified atom stereocenters. The largest absolute Gasteiger partial charge is 0.376 e. The van der Waals surface area contributed by atoms with Gasteiger partial charge in [-0.25, -0.2) is 0 Å². The van der Waals surface area contributed by atoms with Gasteiger partial charge in [-0.3, -0.25) is 4.98 Å². The minimum atomic E-state index is 0.376. The van der Waals surface area contributed by atoms with E-state index in [1.165, 1.54) is 16.8 Å². The molecule has 0 aliphatic heterocycles. The van der Waals surface area contributed by atoms with Gasteiger partial charge >= 0.3 is 0 Å². The Bertz CT molecular complexity index is 625.